The van der Waals surface area contributed by atoms with Gasteiger partial charge in [0.1, 0.15) is 5.82 Å². The first-order valence-corrected chi connectivity index (χ1v) is 7.03. The zero-order valence-electron chi connectivity index (χ0n) is 12.4. The SMILES string of the molecule is Cc1ccnc(NC(=O)C2(C)Cc3ccccc3C(=O)O2)c1. The van der Waals surface area contributed by atoms with Crippen molar-refractivity contribution in [2.24, 2.45) is 0 Å². The van der Waals surface area contributed by atoms with Gasteiger partial charge >= 0.3 is 5.97 Å². The molecule has 0 bridgehead atoms. The van der Waals surface area contributed by atoms with Crippen molar-refractivity contribution in [2.75, 3.05) is 5.32 Å². The van der Waals surface area contributed by atoms with E-state index in [-0.39, 0.29) is 5.91 Å². The maximum atomic E-state index is 12.5. The first kappa shape index (κ1) is 14.3. The molecule has 0 saturated carbocycles. The molecule has 3 rings (SSSR count). The van der Waals surface area contributed by atoms with Gasteiger partial charge in [0.2, 0.25) is 0 Å². The lowest BCUT2D eigenvalue weighted by Gasteiger charge is -2.32. The number of hydrogen-bond acceptors (Lipinski definition) is 4. The summed E-state index contributed by atoms with van der Waals surface area (Å²) in [4.78, 5) is 28.7. The van der Waals surface area contributed by atoms with E-state index >= 15 is 0 Å². The molecular weight excluding hydrogens is 280 g/mol. The van der Waals surface area contributed by atoms with Crippen molar-refractivity contribution in [3.05, 3.63) is 59.3 Å². The van der Waals surface area contributed by atoms with Crippen molar-refractivity contribution in [3.63, 3.8) is 0 Å². The Morgan fingerprint density at radius 1 is 1.32 bits per heavy atom. The Morgan fingerprint density at radius 3 is 2.86 bits per heavy atom. The summed E-state index contributed by atoms with van der Waals surface area (Å²) in [5.74, 6) is -0.411. The van der Waals surface area contributed by atoms with E-state index in [4.69, 9.17) is 4.74 Å². The highest BCUT2D eigenvalue weighted by Crippen LogP contribution is 2.29. The molecule has 0 aliphatic carbocycles. The van der Waals surface area contributed by atoms with E-state index in [1.165, 1.54) is 0 Å². The van der Waals surface area contributed by atoms with Crippen LogP contribution >= 0.6 is 0 Å². The van der Waals surface area contributed by atoms with E-state index in [0.717, 1.165) is 11.1 Å². The summed E-state index contributed by atoms with van der Waals surface area (Å²) < 4.78 is 5.39. The summed E-state index contributed by atoms with van der Waals surface area (Å²) in [6.45, 7) is 3.53. The highest BCUT2D eigenvalue weighted by atomic mass is 16.6. The van der Waals surface area contributed by atoms with Crippen molar-refractivity contribution < 1.29 is 14.3 Å². The van der Waals surface area contributed by atoms with Gasteiger partial charge in [0, 0.05) is 12.6 Å². The molecule has 0 radical (unpaired) electrons. The van der Waals surface area contributed by atoms with Crippen LogP contribution in [0.3, 0.4) is 0 Å². The molecule has 22 heavy (non-hydrogen) atoms. The van der Waals surface area contributed by atoms with Gasteiger partial charge in [-0.25, -0.2) is 9.78 Å². The monoisotopic (exact) mass is 296 g/mol. The second-order valence-electron chi connectivity index (χ2n) is 5.63. The van der Waals surface area contributed by atoms with E-state index in [9.17, 15) is 9.59 Å². The van der Waals surface area contributed by atoms with Gasteiger partial charge in [-0.3, -0.25) is 4.79 Å². The average molecular weight is 296 g/mol. The predicted octanol–water partition coefficient (Wildman–Crippen LogP) is 2.50. The van der Waals surface area contributed by atoms with Gasteiger partial charge in [0.05, 0.1) is 5.56 Å². The van der Waals surface area contributed by atoms with Gasteiger partial charge in [-0.2, -0.15) is 0 Å². The van der Waals surface area contributed by atoms with Crippen molar-refractivity contribution in [3.8, 4) is 0 Å². The Morgan fingerprint density at radius 2 is 2.09 bits per heavy atom. The molecule has 0 spiro atoms. The molecule has 5 nitrogen and oxygen atoms in total. The molecule has 5 heteroatoms. The Balaban J connectivity index is 1.85. The fourth-order valence-corrected chi connectivity index (χ4v) is 2.51. The number of carbonyl (C=O) groups excluding carboxylic acids is 2. The number of hydrogen-bond donors (Lipinski definition) is 1. The number of esters is 1. The van der Waals surface area contributed by atoms with Gasteiger partial charge in [0.25, 0.3) is 5.91 Å². The maximum Gasteiger partial charge on any atom is 0.339 e. The predicted molar refractivity (Wildman–Crippen MR) is 81.6 cm³/mol. The summed E-state index contributed by atoms with van der Waals surface area (Å²) in [7, 11) is 0. The largest absolute Gasteiger partial charge is 0.445 e. The molecule has 0 fully saturated rings. The Labute approximate surface area is 128 Å². The first-order valence-electron chi connectivity index (χ1n) is 7.03. The molecular formula is C17H16N2O3. The molecule has 1 aromatic heterocycles. The number of aromatic nitrogens is 1. The molecule has 1 atom stereocenters. The van der Waals surface area contributed by atoms with Crippen molar-refractivity contribution in [2.45, 2.75) is 25.9 Å². The van der Waals surface area contributed by atoms with E-state index in [0.29, 0.717) is 17.8 Å². The van der Waals surface area contributed by atoms with Crippen LogP contribution in [-0.2, 0) is 16.0 Å². The minimum atomic E-state index is -1.24. The quantitative estimate of drug-likeness (QED) is 0.865. The number of rotatable bonds is 2. The number of pyridine rings is 1. The minimum Gasteiger partial charge on any atom is -0.445 e. The van der Waals surface area contributed by atoms with Crippen LogP contribution in [0.15, 0.2) is 42.6 Å². The average Bonchev–Trinajstić information content (AvgIpc) is 2.47. The van der Waals surface area contributed by atoms with Gasteiger partial charge in [-0.1, -0.05) is 18.2 Å². The third-order valence-electron chi connectivity index (χ3n) is 3.72. The molecule has 1 amide bonds. The van der Waals surface area contributed by atoms with Crippen LogP contribution in [-0.4, -0.2) is 22.5 Å². The summed E-state index contributed by atoms with van der Waals surface area (Å²) in [6.07, 6.45) is 1.96. The van der Waals surface area contributed by atoms with Crippen molar-refractivity contribution >= 4 is 17.7 Å². The van der Waals surface area contributed by atoms with Crippen LogP contribution in [0.25, 0.3) is 0 Å². The van der Waals surface area contributed by atoms with Gasteiger partial charge in [-0.15, -0.1) is 0 Å². The number of ether oxygens (including phenoxy) is 1. The number of nitrogens with zero attached hydrogens (tertiary/aromatic N) is 1. The number of cyclic esters (lactones) is 1. The van der Waals surface area contributed by atoms with E-state index in [1.807, 2.05) is 25.1 Å². The summed E-state index contributed by atoms with van der Waals surface area (Å²) >= 11 is 0. The van der Waals surface area contributed by atoms with Crippen molar-refractivity contribution in [1.29, 1.82) is 0 Å². The van der Waals surface area contributed by atoms with Crippen LogP contribution in [0, 0.1) is 6.92 Å². The first-order chi connectivity index (χ1) is 10.5. The summed E-state index contributed by atoms with van der Waals surface area (Å²) in [5.41, 5.74) is 1.08. The van der Waals surface area contributed by atoms with Crippen LogP contribution in [0.2, 0.25) is 0 Å². The van der Waals surface area contributed by atoms with Crippen molar-refractivity contribution in [1.82, 2.24) is 4.98 Å². The molecule has 1 aliphatic rings. The second-order valence-corrected chi connectivity index (χ2v) is 5.63. The molecule has 1 N–H and O–H groups in total. The molecule has 2 aromatic rings. The number of nitrogens with one attached hydrogen (secondary N) is 1. The number of fused-ring (bicyclic) bond motifs is 1. The normalized spacial score (nSPS) is 20.0. The molecule has 1 unspecified atom stereocenters. The highest BCUT2D eigenvalue weighted by Gasteiger charge is 2.42. The zero-order chi connectivity index (χ0) is 15.7. The lowest BCUT2D eigenvalue weighted by molar-refractivity contribution is -0.134. The summed E-state index contributed by atoms with van der Waals surface area (Å²) in [5, 5.41) is 2.72. The highest BCUT2D eigenvalue weighted by molar-refractivity contribution is 6.02. The number of benzene rings is 1. The Kier molecular flexibility index (Phi) is 3.41. The third kappa shape index (κ3) is 2.57. The molecule has 0 saturated heterocycles. The standard InChI is InChI=1S/C17H16N2O3/c1-11-7-8-18-14(9-11)19-16(21)17(2)10-12-5-3-4-6-13(12)15(20)22-17/h3-9H,10H2,1-2H3,(H,18,19,21). The van der Waals surface area contributed by atoms with Gasteiger partial charge in [0.15, 0.2) is 5.60 Å². The summed E-state index contributed by atoms with van der Waals surface area (Å²) in [6, 6.07) is 10.8. The second kappa shape index (κ2) is 5.26. The Hall–Kier alpha value is -2.69. The topological polar surface area (TPSA) is 68.3 Å². The van der Waals surface area contributed by atoms with Crippen LogP contribution < -0.4 is 5.32 Å². The van der Waals surface area contributed by atoms with E-state index in [1.54, 1.807) is 31.3 Å². The lowest BCUT2D eigenvalue weighted by atomic mass is 9.89. The fourth-order valence-electron chi connectivity index (χ4n) is 2.51. The minimum absolute atomic E-state index is 0.340. The van der Waals surface area contributed by atoms with Gasteiger partial charge in [-0.05, 0) is 43.2 Å². The molecule has 1 aromatic carbocycles. The third-order valence-corrected chi connectivity index (χ3v) is 3.72. The van der Waals surface area contributed by atoms with E-state index in [2.05, 4.69) is 10.3 Å². The molecule has 1 aliphatic heterocycles. The molecule has 112 valence electrons. The van der Waals surface area contributed by atoms with Crippen LogP contribution in [0.4, 0.5) is 5.82 Å². The lowest BCUT2D eigenvalue weighted by Crippen LogP contribution is -2.49. The fraction of sp³-hybridized carbons (Fsp3) is 0.235. The number of aryl methyl sites for hydroxylation is 1. The Bertz CT molecular complexity index is 757. The smallest absolute Gasteiger partial charge is 0.339 e. The number of anilines is 1. The maximum absolute atomic E-state index is 12.5. The zero-order valence-corrected chi connectivity index (χ0v) is 12.4. The number of amides is 1. The van der Waals surface area contributed by atoms with Crippen LogP contribution in [0.1, 0.15) is 28.4 Å². The number of carbonyl (C=O) groups is 2. The molecule has 2 heterocycles. The van der Waals surface area contributed by atoms with E-state index < -0.39 is 11.6 Å². The van der Waals surface area contributed by atoms with Crippen LogP contribution in [0.5, 0.6) is 0 Å². The van der Waals surface area contributed by atoms with Gasteiger partial charge < -0.3 is 10.1 Å².